The molecule has 124 valence electrons. The van der Waals surface area contributed by atoms with Crippen molar-refractivity contribution < 1.29 is 14.3 Å². The molecule has 4 nitrogen and oxygen atoms in total. The van der Waals surface area contributed by atoms with Crippen molar-refractivity contribution in [1.82, 2.24) is 0 Å². The largest absolute Gasteiger partial charge is 0.449 e. The van der Waals surface area contributed by atoms with Crippen molar-refractivity contribution in [1.29, 1.82) is 0 Å². The molecule has 2 aromatic carbocycles. The Morgan fingerprint density at radius 2 is 1.75 bits per heavy atom. The smallest absolute Gasteiger partial charge is 0.331 e. The molecular weight excluding hydrogens is 349 g/mol. The Bertz CT molecular complexity index is 757. The van der Waals surface area contributed by atoms with Gasteiger partial charge in [0.15, 0.2) is 6.10 Å². The zero-order chi connectivity index (χ0) is 17.5. The lowest BCUT2D eigenvalue weighted by Crippen LogP contribution is -2.29. The average molecular weight is 364 g/mol. The Balaban J connectivity index is 1.90. The molecule has 1 N–H and O–H groups in total. The van der Waals surface area contributed by atoms with Gasteiger partial charge in [0.05, 0.1) is 0 Å². The van der Waals surface area contributed by atoms with E-state index in [-0.39, 0.29) is 0 Å². The van der Waals surface area contributed by atoms with Gasteiger partial charge >= 0.3 is 5.97 Å². The minimum atomic E-state index is -0.941. The summed E-state index contributed by atoms with van der Waals surface area (Å²) in [7, 11) is 0. The molecule has 24 heavy (non-hydrogen) atoms. The van der Waals surface area contributed by atoms with Crippen molar-refractivity contribution in [3.05, 3.63) is 70.2 Å². The molecule has 0 radical (unpaired) electrons. The predicted molar refractivity (Wildman–Crippen MR) is 96.1 cm³/mol. The Labute approximate surface area is 150 Å². The van der Waals surface area contributed by atoms with Gasteiger partial charge in [0.2, 0.25) is 0 Å². The minimum Gasteiger partial charge on any atom is -0.449 e. The van der Waals surface area contributed by atoms with Gasteiger partial charge in [-0.05, 0) is 48.9 Å². The number of esters is 1. The lowest BCUT2D eigenvalue weighted by Gasteiger charge is -2.12. The van der Waals surface area contributed by atoms with Crippen LogP contribution in [0.2, 0.25) is 10.0 Å². The van der Waals surface area contributed by atoms with E-state index in [1.165, 1.54) is 19.1 Å². The van der Waals surface area contributed by atoms with Gasteiger partial charge in [0.25, 0.3) is 5.91 Å². The maximum Gasteiger partial charge on any atom is 0.331 e. The van der Waals surface area contributed by atoms with E-state index in [9.17, 15) is 9.59 Å². The van der Waals surface area contributed by atoms with Crippen LogP contribution in [-0.4, -0.2) is 18.0 Å². The van der Waals surface area contributed by atoms with Crippen LogP contribution in [0, 0.1) is 0 Å². The number of benzene rings is 2. The molecule has 0 spiro atoms. The van der Waals surface area contributed by atoms with Crippen LogP contribution in [0.15, 0.2) is 54.6 Å². The molecule has 0 heterocycles. The summed E-state index contributed by atoms with van der Waals surface area (Å²) >= 11 is 11.8. The molecule has 0 aromatic heterocycles. The van der Waals surface area contributed by atoms with Gasteiger partial charge < -0.3 is 10.1 Å². The maximum absolute atomic E-state index is 12.0. The molecule has 0 aliphatic heterocycles. The summed E-state index contributed by atoms with van der Waals surface area (Å²) in [4.78, 5) is 23.8. The highest BCUT2D eigenvalue weighted by molar-refractivity contribution is 6.32. The fourth-order valence-electron chi connectivity index (χ4n) is 1.81. The normalized spacial score (nSPS) is 12.0. The molecule has 6 heteroatoms. The monoisotopic (exact) mass is 363 g/mol. The molecule has 0 saturated carbocycles. The first kappa shape index (κ1) is 18.0. The van der Waals surface area contributed by atoms with E-state index in [0.717, 1.165) is 0 Å². The maximum atomic E-state index is 12.0. The first-order chi connectivity index (χ1) is 11.5. The summed E-state index contributed by atoms with van der Waals surface area (Å²) in [5, 5.41) is 3.73. The molecule has 0 unspecified atom stereocenters. The van der Waals surface area contributed by atoms with Crippen LogP contribution in [0.5, 0.6) is 0 Å². The van der Waals surface area contributed by atoms with E-state index in [1.54, 1.807) is 48.5 Å². The molecule has 0 aliphatic rings. The highest BCUT2D eigenvalue weighted by atomic mass is 35.5. The van der Waals surface area contributed by atoms with E-state index in [0.29, 0.717) is 21.3 Å². The third kappa shape index (κ3) is 5.41. The number of hydrogen-bond acceptors (Lipinski definition) is 3. The molecule has 1 atom stereocenters. The molecule has 0 saturated heterocycles. The number of hydrogen-bond donors (Lipinski definition) is 1. The Kier molecular flexibility index (Phi) is 6.41. The van der Waals surface area contributed by atoms with Gasteiger partial charge in [-0.3, -0.25) is 4.79 Å². The number of anilines is 1. The molecule has 0 aliphatic carbocycles. The van der Waals surface area contributed by atoms with E-state index in [4.69, 9.17) is 27.9 Å². The highest BCUT2D eigenvalue weighted by Gasteiger charge is 2.16. The number of amides is 1. The van der Waals surface area contributed by atoms with Crippen LogP contribution in [0.25, 0.3) is 6.08 Å². The van der Waals surface area contributed by atoms with Gasteiger partial charge in [0, 0.05) is 21.8 Å². The lowest BCUT2D eigenvalue weighted by molar-refractivity contribution is -0.148. The van der Waals surface area contributed by atoms with Crippen molar-refractivity contribution in [2.45, 2.75) is 13.0 Å². The van der Waals surface area contributed by atoms with E-state index in [1.807, 2.05) is 0 Å². The van der Waals surface area contributed by atoms with Crippen molar-refractivity contribution in [3.63, 3.8) is 0 Å². The fourth-order valence-corrected chi connectivity index (χ4v) is 2.14. The zero-order valence-corrected chi connectivity index (χ0v) is 14.3. The van der Waals surface area contributed by atoms with E-state index >= 15 is 0 Å². The van der Waals surface area contributed by atoms with Crippen LogP contribution >= 0.6 is 23.2 Å². The number of rotatable bonds is 5. The zero-order valence-electron chi connectivity index (χ0n) is 12.8. The van der Waals surface area contributed by atoms with Gasteiger partial charge in [-0.2, -0.15) is 0 Å². The molecular formula is C18H15Cl2NO3. The number of carbonyl (C=O) groups excluding carboxylic acids is 2. The summed E-state index contributed by atoms with van der Waals surface area (Å²) in [5.41, 5.74) is 1.26. The Morgan fingerprint density at radius 3 is 2.42 bits per heavy atom. The van der Waals surface area contributed by atoms with Crippen LogP contribution < -0.4 is 5.32 Å². The summed E-state index contributed by atoms with van der Waals surface area (Å²) in [5.74, 6) is -1.06. The third-order valence-electron chi connectivity index (χ3n) is 3.08. The first-order valence-electron chi connectivity index (χ1n) is 7.15. The molecule has 2 rings (SSSR count). The summed E-state index contributed by atoms with van der Waals surface area (Å²) in [6.07, 6.45) is 1.82. The quantitative estimate of drug-likeness (QED) is 0.624. The fraction of sp³-hybridized carbons (Fsp3) is 0.111. The van der Waals surface area contributed by atoms with Gasteiger partial charge in [0.1, 0.15) is 0 Å². The molecule has 2 aromatic rings. The Morgan fingerprint density at radius 1 is 1.08 bits per heavy atom. The molecule has 0 bridgehead atoms. The third-order valence-corrected chi connectivity index (χ3v) is 3.67. The summed E-state index contributed by atoms with van der Waals surface area (Å²) in [6, 6.07) is 13.7. The van der Waals surface area contributed by atoms with Crippen molar-refractivity contribution in [3.8, 4) is 0 Å². The summed E-state index contributed by atoms with van der Waals surface area (Å²) < 4.78 is 5.06. The van der Waals surface area contributed by atoms with Crippen LogP contribution in [0.1, 0.15) is 12.5 Å². The lowest BCUT2D eigenvalue weighted by atomic mass is 10.2. The van der Waals surface area contributed by atoms with E-state index in [2.05, 4.69) is 5.32 Å². The second kappa shape index (κ2) is 8.52. The van der Waals surface area contributed by atoms with Crippen molar-refractivity contribution in [2.24, 2.45) is 0 Å². The number of ether oxygens (including phenoxy) is 1. The summed E-state index contributed by atoms with van der Waals surface area (Å²) in [6.45, 7) is 1.49. The van der Waals surface area contributed by atoms with Crippen molar-refractivity contribution >= 4 is 46.8 Å². The predicted octanol–water partition coefficient (Wildman–Crippen LogP) is 4.58. The second-order valence-electron chi connectivity index (χ2n) is 4.93. The Hall–Kier alpha value is -2.30. The van der Waals surface area contributed by atoms with E-state index < -0.39 is 18.0 Å². The second-order valence-corrected chi connectivity index (χ2v) is 5.77. The topological polar surface area (TPSA) is 55.4 Å². The van der Waals surface area contributed by atoms with Crippen LogP contribution in [0.4, 0.5) is 5.69 Å². The minimum absolute atomic E-state index is 0.434. The standard InChI is InChI=1S/C18H15Cl2NO3/c1-12(18(23)21-15-9-7-14(19)8-10-15)24-17(22)11-6-13-4-2-3-5-16(13)20/h2-12H,1H3,(H,21,23)/b11-6+/t12-/m1/s1. The highest BCUT2D eigenvalue weighted by Crippen LogP contribution is 2.16. The number of nitrogens with one attached hydrogen (secondary N) is 1. The average Bonchev–Trinajstić information content (AvgIpc) is 2.56. The van der Waals surface area contributed by atoms with Crippen molar-refractivity contribution in [2.75, 3.05) is 5.32 Å². The van der Waals surface area contributed by atoms with Crippen LogP contribution in [0.3, 0.4) is 0 Å². The SMILES string of the molecule is C[C@@H](OC(=O)/C=C/c1ccccc1Cl)C(=O)Nc1ccc(Cl)cc1. The molecule has 1 amide bonds. The van der Waals surface area contributed by atoms with Crippen LogP contribution in [-0.2, 0) is 14.3 Å². The van der Waals surface area contributed by atoms with Gasteiger partial charge in [-0.15, -0.1) is 0 Å². The number of carbonyl (C=O) groups is 2. The van der Waals surface area contributed by atoms with Gasteiger partial charge in [-0.25, -0.2) is 4.79 Å². The molecule has 0 fully saturated rings. The number of halogens is 2. The first-order valence-corrected chi connectivity index (χ1v) is 7.91. The van der Waals surface area contributed by atoms with Gasteiger partial charge in [-0.1, -0.05) is 41.4 Å².